The van der Waals surface area contributed by atoms with Crippen LogP contribution in [0.5, 0.6) is 0 Å². The molecule has 0 N–H and O–H groups in total. The zero-order chi connectivity index (χ0) is 17.9. The minimum absolute atomic E-state index is 0.0746. The molecule has 2 saturated heterocycles. The van der Waals surface area contributed by atoms with Gasteiger partial charge in [-0.1, -0.05) is 11.6 Å². The van der Waals surface area contributed by atoms with Crippen molar-refractivity contribution in [2.24, 2.45) is 0 Å². The van der Waals surface area contributed by atoms with Gasteiger partial charge in [-0.3, -0.25) is 14.3 Å². The second-order valence-corrected chi connectivity index (χ2v) is 7.61. The van der Waals surface area contributed by atoms with Gasteiger partial charge in [0.2, 0.25) is 11.8 Å². The fourth-order valence-corrected chi connectivity index (χ4v) is 4.59. The number of amides is 2. The molecule has 0 spiro atoms. The summed E-state index contributed by atoms with van der Waals surface area (Å²) in [6.07, 6.45) is 12.9. The van der Waals surface area contributed by atoms with Crippen LogP contribution in [0.4, 0.5) is 0 Å². The summed E-state index contributed by atoms with van der Waals surface area (Å²) in [6.45, 7) is 2.25. The number of rotatable bonds is 6. The number of carbonyl (C=O) groups is 2. The molecule has 2 fully saturated rings. The van der Waals surface area contributed by atoms with Crippen molar-refractivity contribution >= 4 is 11.8 Å². The van der Waals surface area contributed by atoms with Crippen LogP contribution in [-0.2, 0) is 16.1 Å². The van der Waals surface area contributed by atoms with E-state index in [1.54, 1.807) is 11.0 Å². The first-order valence-corrected chi connectivity index (χ1v) is 9.81. The molecule has 140 valence electrons. The fraction of sp³-hybridized carbons (Fsp3) is 0.684. The summed E-state index contributed by atoms with van der Waals surface area (Å²) in [5.41, 5.74) is 1.41. The van der Waals surface area contributed by atoms with Crippen LogP contribution < -0.4 is 0 Å². The van der Waals surface area contributed by atoms with Gasteiger partial charge >= 0.3 is 0 Å². The van der Waals surface area contributed by atoms with Crippen molar-refractivity contribution < 1.29 is 9.59 Å². The lowest BCUT2D eigenvalue weighted by molar-refractivity contribution is -0.132. The Morgan fingerprint density at radius 3 is 2.96 bits per heavy atom. The van der Waals surface area contributed by atoms with Gasteiger partial charge in [-0.2, -0.15) is 5.10 Å². The molecule has 7 nitrogen and oxygen atoms in total. The first-order valence-electron chi connectivity index (χ1n) is 9.81. The van der Waals surface area contributed by atoms with Gasteiger partial charge in [0, 0.05) is 32.5 Å². The molecule has 2 atom stereocenters. The first-order chi connectivity index (χ1) is 12.7. The number of likely N-dealkylation sites (tertiary alicyclic amines) is 2. The summed E-state index contributed by atoms with van der Waals surface area (Å²) in [7, 11) is 0. The van der Waals surface area contributed by atoms with Crippen LogP contribution in [0, 0.1) is 0 Å². The van der Waals surface area contributed by atoms with E-state index in [9.17, 15) is 9.59 Å². The van der Waals surface area contributed by atoms with Crippen molar-refractivity contribution in [2.45, 2.75) is 70.0 Å². The van der Waals surface area contributed by atoms with E-state index in [2.05, 4.69) is 16.2 Å². The highest BCUT2D eigenvalue weighted by Gasteiger charge is 2.47. The lowest BCUT2D eigenvalue weighted by atomic mass is 9.99. The molecule has 1 aromatic rings. The smallest absolute Gasteiger partial charge is 0.225 e. The molecule has 0 unspecified atom stereocenters. The van der Waals surface area contributed by atoms with Crippen LogP contribution in [0.15, 0.2) is 24.3 Å². The zero-order valence-corrected chi connectivity index (χ0v) is 15.2. The molecule has 2 aliphatic heterocycles. The number of aryl methyl sites for hydroxylation is 1. The van der Waals surface area contributed by atoms with Crippen LogP contribution >= 0.6 is 0 Å². The van der Waals surface area contributed by atoms with Crippen molar-refractivity contribution in [1.82, 2.24) is 24.6 Å². The second-order valence-electron chi connectivity index (χ2n) is 7.61. The van der Waals surface area contributed by atoms with E-state index in [1.807, 2.05) is 9.80 Å². The molecular formula is C19H27N5O2. The van der Waals surface area contributed by atoms with Gasteiger partial charge in [-0.05, 0) is 38.5 Å². The zero-order valence-electron chi connectivity index (χ0n) is 15.2. The van der Waals surface area contributed by atoms with E-state index in [1.165, 1.54) is 24.7 Å². The van der Waals surface area contributed by atoms with E-state index in [4.69, 9.17) is 0 Å². The lowest BCUT2D eigenvalue weighted by Gasteiger charge is -2.27. The van der Waals surface area contributed by atoms with Gasteiger partial charge in [-0.15, -0.1) is 0 Å². The third kappa shape index (κ3) is 3.52. The molecule has 1 aliphatic carbocycles. The number of nitrogens with zero attached hydrogens (tertiary/aromatic N) is 5. The van der Waals surface area contributed by atoms with E-state index in [0.717, 1.165) is 38.8 Å². The maximum absolute atomic E-state index is 12.7. The maximum atomic E-state index is 12.7. The fourth-order valence-electron chi connectivity index (χ4n) is 4.59. The Morgan fingerprint density at radius 2 is 2.19 bits per heavy atom. The Hall–Kier alpha value is -2.18. The van der Waals surface area contributed by atoms with Crippen molar-refractivity contribution in [2.75, 3.05) is 13.1 Å². The van der Waals surface area contributed by atoms with Crippen LogP contribution in [-0.4, -0.2) is 61.6 Å². The molecule has 3 heterocycles. The summed E-state index contributed by atoms with van der Waals surface area (Å²) in [6, 6.07) is 0.287. The molecule has 0 radical (unpaired) electrons. The molecule has 0 aromatic carbocycles. The molecule has 0 bridgehead atoms. The first kappa shape index (κ1) is 17.2. The normalized spacial score (nSPS) is 25.5. The SMILES string of the molecule is O=C(CCCn1cncn1)N1CC[C@H]2[C@@H]1CC(=O)N2CC1=CCCCC1. The summed E-state index contributed by atoms with van der Waals surface area (Å²) < 4.78 is 1.75. The van der Waals surface area contributed by atoms with Crippen LogP contribution in [0.3, 0.4) is 0 Å². The second kappa shape index (κ2) is 7.60. The Labute approximate surface area is 154 Å². The molecule has 4 rings (SSSR count). The van der Waals surface area contributed by atoms with Crippen LogP contribution in [0.25, 0.3) is 0 Å². The number of aromatic nitrogens is 3. The minimum atomic E-state index is 0.0746. The Kier molecular flexibility index (Phi) is 5.04. The van der Waals surface area contributed by atoms with Crippen molar-refractivity contribution in [3.63, 3.8) is 0 Å². The molecule has 26 heavy (non-hydrogen) atoms. The van der Waals surface area contributed by atoms with Crippen LogP contribution in [0.1, 0.15) is 51.4 Å². The highest BCUT2D eigenvalue weighted by molar-refractivity contribution is 5.84. The summed E-state index contributed by atoms with van der Waals surface area (Å²) in [5, 5.41) is 4.06. The quantitative estimate of drug-likeness (QED) is 0.728. The summed E-state index contributed by atoms with van der Waals surface area (Å²) >= 11 is 0. The predicted molar refractivity (Wildman–Crippen MR) is 96.0 cm³/mol. The summed E-state index contributed by atoms with van der Waals surface area (Å²) in [5.74, 6) is 0.385. The van der Waals surface area contributed by atoms with Gasteiger partial charge in [0.25, 0.3) is 0 Å². The van der Waals surface area contributed by atoms with Crippen molar-refractivity contribution in [1.29, 1.82) is 0 Å². The van der Waals surface area contributed by atoms with E-state index < -0.39 is 0 Å². The molecule has 3 aliphatic rings. The average molecular weight is 357 g/mol. The maximum Gasteiger partial charge on any atom is 0.225 e. The largest absolute Gasteiger partial charge is 0.337 e. The lowest BCUT2D eigenvalue weighted by Crippen LogP contribution is -2.40. The molecular weight excluding hydrogens is 330 g/mol. The Morgan fingerprint density at radius 1 is 1.27 bits per heavy atom. The summed E-state index contributed by atoms with van der Waals surface area (Å²) in [4.78, 5) is 33.1. The van der Waals surface area contributed by atoms with E-state index >= 15 is 0 Å². The Balaban J connectivity index is 1.32. The van der Waals surface area contributed by atoms with E-state index in [-0.39, 0.29) is 23.9 Å². The van der Waals surface area contributed by atoms with E-state index in [0.29, 0.717) is 19.4 Å². The minimum Gasteiger partial charge on any atom is -0.337 e. The number of fused-ring (bicyclic) bond motifs is 1. The number of allylic oxidation sites excluding steroid dienone is 1. The molecule has 7 heteroatoms. The highest BCUT2D eigenvalue weighted by Crippen LogP contribution is 2.34. The molecule has 2 amide bonds. The standard InChI is InChI=1S/C19H27N5O2/c25-18(7-4-9-22-14-20-13-21-22)23-10-8-16-17(23)11-19(26)24(16)12-15-5-2-1-3-6-15/h5,13-14,16-17H,1-4,6-12H2/t16-,17-/m0/s1. The monoisotopic (exact) mass is 357 g/mol. The number of carbonyl (C=O) groups excluding carboxylic acids is 2. The average Bonchev–Trinajstić information content (AvgIpc) is 3.35. The molecule has 1 aromatic heterocycles. The topological polar surface area (TPSA) is 71.3 Å². The van der Waals surface area contributed by atoms with Crippen molar-refractivity contribution in [3.8, 4) is 0 Å². The van der Waals surface area contributed by atoms with Gasteiger partial charge < -0.3 is 9.80 Å². The highest BCUT2D eigenvalue weighted by atomic mass is 16.2. The molecule has 0 saturated carbocycles. The van der Waals surface area contributed by atoms with Gasteiger partial charge in [-0.25, -0.2) is 4.98 Å². The van der Waals surface area contributed by atoms with Crippen molar-refractivity contribution in [3.05, 3.63) is 24.3 Å². The number of hydrogen-bond donors (Lipinski definition) is 0. The van der Waals surface area contributed by atoms with Gasteiger partial charge in [0.05, 0.1) is 12.1 Å². The van der Waals surface area contributed by atoms with Crippen LogP contribution in [0.2, 0.25) is 0 Å². The van der Waals surface area contributed by atoms with Gasteiger partial charge in [0.1, 0.15) is 12.7 Å². The predicted octanol–water partition coefficient (Wildman–Crippen LogP) is 1.76. The Bertz CT molecular complexity index is 684. The van der Waals surface area contributed by atoms with Gasteiger partial charge in [0.15, 0.2) is 0 Å². The number of hydrogen-bond acceptors (Lipinski definition) is 4. The third-order valence-corrected chi connectivity index (χ3v) is 5.94. The third-order valence-electron chi connectivity index (χ3n) is 5.94.